The van der Waals surface area contributed by atoms with Crippen LogP contribution < -0.4 is 4.74 Å². The number of rotatable bonds is 6. The lowest BCUT2D eigenvalue weighted by atomic mass is 10.0. The van der Waals surface area contributed by atoms with Crippen LogP contribution in [0, 0.1) is 20.8 Å². The van der Waals surface area contributed by atoms with E-state index in [1.807, 2.05) is 33.8 Å². The Hall–Kier alpha value is -2.36. The normalized spacial score (nSPS) is 11.0. The second kappa shape index (κ2) is 7.68. The Morgan fingerprint density at radius 1 is 1.28 bits per heavy atom. The SMILES string of the molecule is C=C(C)Cc1c(C)nn(C(=O)COc2cc(C)ccc2C(C)C)c1C. The zero-order chi connectivity index (χ0) is 18.7. The Balaban J connectivity index is 2.19. The molecule has 2 rings (SSSR count). The fourth-order valence-corrected chi connectivity index (χ4v) is 2.92. The van der Waals surface area contributed by atoms with Crippen molar-refractivity contribution in [2.45, 2.75) is 53.9 Å². The quantitative estimate of drug-likeness (QED) is 0.712. The minimum atomic E-state index is -0.162. The van der Waals surface area contributed by atoms with Gasteiger partial charge in [-0.1, -0.05) is 38.1 Å². The number of aromatic nitrogens is 2. The molecule has 4 nitrogen and oxygen atoms in total. The van der Waals surface area contributed by atoms with E-state index in [1.54, 1.807) is 0 Å². The van der Waals surface area contributed by atoms with Crippen LogP contribution in [0.4, 0.5) is 0 Å². The molecule has 0 aliphatic heterocycles. The summed E-state index contributed by atoms with van der Waals surface area (Å²) in [6.07, 6.45) is 0.737. The maximum atomic E-state index is 12.6. The summed E-state index contributed by atoms with van der Waals surface area (Å²) < 4.78 is 7.31. The van der Waals surface area contributed by atoms with Crippen LogP contribution in [-0.4, -0.2) is 22.3 Å². The molecule has 0 bridgehead atoms. The molecule has 0 saturated carbocycles. The smallest absolute Gasteiger partial charge is 0.284 e. The van der Waals surface area contributed by atoms with Crippen LogP contribution in [0.1, 0.15) is 59.6 Å². The summed E-state index contributed by atoms with van der Waals surface area (Å²) in [4.78, 5) is 12.6. The average Bonchev–Trinajstić information content (AvgIpc) is 2.80. The molecule has 1 aromatic heterocycles. The van der Waals surface area contributed by atoms with E-state index in [-0.39, 0.29) is 12.5 Å². The van der Waals surface area contributed by atoms with Gasteiger partial charge in [0, 0.05) is 11.3 Å². The summed E-state index contributed by atoms with van der Waals surface area (Å²) in [5.41, 5.74) is 6.07. The zero-order valence-corrected chi connectivity index (χ0v) is 16.1. The van der Waals surface area contributed by atoms with Crippen molar-refractivity contribution in [2.24, 2.45) is 0 Å². The Bertz CT molecular complexity index is 800. The molecule has 25 heavy (non-hydrogen) atoms. The highest BCUT2D eigenvalue weighted by Crippen LogP contribution is 2.27. The fraction of sp³-hybridized carbons (Fsp3) is 0.429. The van der Waals surface area contributed by atoms with Crippen molar-refractivity contribution in [3.63, 3.8) is 0 Å². The van der Waals surface area contributed by atoms with E-state index in [4.69, 9.17) is 4.74 Å². The van der Waals surface area contributed by atoms with E-state index >= 15 is 0 Å². The van der Waals surface area contributed by atoms with Gasteiger partial charge < -0.3 is 4.74 Å². The third-order valence-corrected chi connectivity index (χ3v) is 4.30. The number of hydrogen-bond donors (Lipinski definition) is 0. The first kappa shape index (κ1) is 19.0. The van der Waals surface area contributed by atoms with Gasteiger partial charge in [0.15, 0.2) is 6.61 Å². The molecule has 0 fully saturated rings. The highest BCUT2D eigenvalue weighted by atomic mass is 16.5. The van der Waals surface area contributed by atoms with Crippen molar-refractivity contribution < 1.29 is 9.53 Å². The van der Waals surface area contributed by atoms with E-state index in [0.29, 0.717) is 5.92 Å². The fourth-order valence-electron chi connectivity index (χ4n) is 2.92. The van der Waals surface area contributed by atoms with Crippen molar-refractivity contribution in [2.75, 3.05) is 6.61 Å². The van der Waals surface area contributed by atoms with E-state index in [2.05, 4.69) is 37.7 Å². The summed E-state index contributed by atoms with van der Waals surface area (Å²) in [7, 11) is 0. The summed E-state index contributed by atoms with van der Waals surface area (Å²) in [6, 6.07) is 6.11. The first-order valence-electron chi connectivity index (χ1n) is 8.66. The van der Waals surface area contributed by atoms with Gasteiger partial charge in [0.05, 0.1) is 5.69 Å². The monoisotopic (exact) mass is 340 g/mol. The summed E-state index contributed by atoms with van der Waals surface area (Å²) in [5.74, 6) is 0.943. The molecule has 0 atom stereocenters. The van der Waals surface area contributed by atoms with Crippen molar-refractivity contribution in [1.29, 1.82) is 0 Å². The van der Waals surface area contributed by atoms with E-state index in [1.165, 1.54) is 4.68 Å². The van der Waals surface area contributed by atoms with Gasteiger partial charge in [-0.2, -0.15) is 5.10 Å². The first-order chi connectivity index (χ1) is 11.7. The van der Waals surface area contributed by atoms with Crippen molar-refractivity contribution in [3.05, 3.63) is 58.4 Å². The number of benzene rings is 1. The van der Waals surface area contributed by atoms with Crippen LogP contribution in [0.3, 0.4) is 0 Å². The molecule has 0 radical (unpaired) electrons. The molecule has 0 aliphatic rings. The third kappa shape index (κ3) is 4.38. The standard InChI is InChI=1S/C21H28N2O2/c1-13(2)10-19-16(6)22-23(17(19)7)21(24)12-25-20-11-15(5)8-9-18(20)14(3)4/h8-9,11,14H,1,10,12H2,2-7H3. The number of carbonyl (C=O) groups is 1. The Morgan fingerprint density at radius 2 is 1.96 bits per heavy atom. The number of carbonyl (C=O) groups excluding carboxylic acids is 1. The minimum Gasteiger partial charge on any atom is -0.483 e. The van der Waals surface area contributed by atoms with Gasteiger partial charge in [-0.05, 0) is 57.2 Å². The maximum absolute atomic E-state index is 12.6. The lowest BCUT2D eigenvalue weighted by molar-refractivity contribution is 0.0817. The number of aryl methyl sites for hydroxylation is 2. The van der Waals surface area contributed by atoms with Crippen LogP contribution in [-0.2, 0) is 6.42 Å². The van der Waals surface area contributed by atoms with E-state index in [0.717, 1.165) is 45.8 Å². The van der Waals surface area contributed by atoms with E-state index < -0.39 is 0 Å². The van der Waals surface area contributed by atoms with Gasteiger partial charge in [0.2, 0.25) is 0 Å². The number of hydrogen-bond acceptors (Lipinski definition) is 3. The van der Waals surface area contributed by atoms with Crippen LogP contribution in [0.2, 0.25) is 0 Å². The van der Waals surface area contributed by atoms with Gasteiger partial charge in [0.25, 0.3) is 5.91 Å². The molecule has 0 saturated heterocycles. The Morgan fingerprint density at radius 3 is 2.56 bits per heavy atom. The molecule has 0 unspecified atom stereocenters. The molecule has 2 aromatic rings. The Labute approximate surface area is 150 Å². The van der Waals surface area contributed by atoms with Crippen LogP contribution in [0.25, 0.3) is 0 Å². The minimum absolute atomic E-state index is 0.0301. The molecule has 4 heteroatoms. The largest absolute Gasteiger partial charge is 0.483 e. The predicted octanol–water partition coefficient (Wildman–Crippen LogP) is 4.77. The lowest BCUT2D eigenvalue weighted by Crippen LogP contribution is -2.22. The maximum Gasteiger partial charge on any atom is 0.284 e. The molecule has 0 amide bonds. The number of allylic oxidation sites excluding steroid dienone is 1. The van der Waals surface area contributed by atoms with Crippen LogP contribution in [0.5, 0.6) is 5.75 Å². The van der Waals surface area contributed by atoms with Crippen molar-refractivity contribution in [3.8, 4) is 5.75 Å². The Kier molecular flexibility index (Phi) is 5.83. The number of ether oxygens (including phenoxy) is 1. The van der Waals surface area contributed by atoms with Gasteiger partial charge in [-0.25, -0.2) is 4.68 Å². The second-order valence-electron chi connectivity index (χ2n) is 7.07. The van der Waals surface area contributed by atoms with Gasteiger partial charge in [-0.3, -0.25) is 4.79 Å². The molecular formula is C21H28N2O2. The lowest BCUT2D eigenvalue weighted by Gasteiger charge is -2.14. The molecule has 1 aromatic carbocycles. The van der Waals surface area contributed by atoms with Crippen molar-refractivity contribution in [1.82, 2.24) is 9.78 Å². The summed E-state index contributed by atoms with van der Waals surface area (Å²) in [5, 5.41) is 4.40. The van der Waals surface area contributed by atoms with Crippen LogP contribution in [0.15, 0.2) is 30.4 Å². The second-order valence-corrected chi connectivity index (χ2v) is 7.07. The highest BCUT2D eigenvalue weighted by Gasteiger charge is 2.18. The number of nitrogens with zero attached hydrogens (tertiary/aromatic N) is 2. The van der Waals surface area contributed by atoms with Gasteiger partial charge in [0.1, 0.15) is 5.75 Å². The molecule has 0 N–H and O–H groups in total. The molecule has 1 heterocycles. The molecule has 0 aliphatic carbocycles. The van der Waals surface area contributed by atoms with Gasteiger partial charge in [-0.15, -0.1) is 0 Å². The van der Waals surface area contributed by atoms with E-state index in [9.17, 15) is 4.79 Å². The summed E-state index contributed by atoms with van der Waals surface area (Å²) >= 11 is 0. The van der Waals surface area contributed by atoms with Gasteiger partial charge >= 0.3 is 0 Å². The molecule has 0 spiro atoms. The van der Waals surface area contributed by atoms with Crippen LogP contribution >= 0.6 is 0 Å². The third-order valence-electron chi connectivity index (χ3n) is 4.30. The zero-order valence-electron chi connectivity index (χ0n) is 16.1. The van der Waals surface area contributed by atoms with Crippen molar-refractivity contribution >= 4 is 5.91 Å². The molecule has 134 valence electrons. The topological polar surface area (TPSA) is 44.1 Å². The highest BCUT2D eigenvalue weighted by molar-refractivity contribution is 5.80. The summed E-state index contributed by atoms with van der Waals surface area (Å²) in [6.45, 7) is 16.0. The average molecular weight is 340 g/mol. The molecular weight excluding hydrogens is 312 g/mol. The first-order valence-corrected chi connectivity index (χ1v) is 8.66. The predicted molar refractivity (Wildman–Crippen MR) is 102 cm³/mol.